The van der Waals surface area contributed by atoms with Crippen LogP contribution in [-0.4, -0.2) is 11.5 Å². The van der Waals surface area contributed by atoms with Crippen molar-refractivity contribution in [3.63, 3.8) is 0 Å². The molecule has 2 nitrogen and oxygen atoms in total. The maximum absolute atomic E-state index is 5.18. The third-order valence-electron chi connectivity index (χ3n) is 2.10. The van der Waals surface area contributed by atoms with Gasteiger partial charge in [0.1, 0.15) is 0 Å². The van der Waals surface area contributed by atoms with Crippen LogP contribution in [0.1, 0.15) is 25.0 Å². The van der Waals surface area contributed by atoms with Crippen molar-refractivity contribution in [1.29, 1.82) is 0 Å². The highest BCUT2D eigenvalue weighted by Crippen LogP contribution is 2.19. The Morgan fingerprint density at radius 3 is 2.88 bits per heavy atom. The lowest BCUT2D eigenvalue weighted by Crippen LogP contribution is -2.15. The second-order valence-electron chi connectivity index (χ2n) is 3.42. The minimum Gasteiger partial charge on any atom is -0.311 e. The molecule has 0 amide bonds. The van der Waals surface area contributed by atoms with Gasteiger partial charge < -0.3 is 5.32 Å². The van der Waals surface area contributed by atoms with E-state index in [1.165, 1.54) is 0 Å². The normalized spacial score (nSPS) is 10.1. The number of rotatable bonds is 6. The Morgan fingerprint density at radius 1 is 1.38 bits per heavy atom. The molecular formula is C12H14Br2N2. The average Bonchev–Trinajstić information content (AvgIpc) is 2.26. The van der Waals surface area contributed by atoms with Gasteiger partial charge in [-0.05, 0) is 57.3 Å². The molecule has 4 heteroatoms. The van der Waals surface area contributed by atoms with Crippen LogP contribution in [0.5, 0.6) is 0 Å². The molecule has 0 spiro atoms. The highest BCUT2D eigenvalue weighted by Gasteiger charge is 2.01. The average molecular weight is 346 g/mol. The first-order valence-corrected chi connectivity index (χ1v) is 6.76. The molecule has 0 saturated carbocycles. The van der Waals surface area contributed by atoms with E-state index in [1.807, 2.05) is 6.07 Å². The first kappa shape index (κ1) is 13.7. The van der Waals surface area contributed by atoms with Gasteiger partial charge in [0.25, 0.3) is 0 Å². The van der Waals surface area contributed by atoms with Crippen LogP contribution >= 0.6 is 31.9 Å². The standard InChI is InChI=1S/C12H14Br2N2/c1-2-3-4-5-6-15-9-12-11(14)7-10(13)8-16-12/h1,7-8,15H,3-6,9H2. The van der Waals surface area contributed by atoms with Gasteiger partial charge in [-0.25, -0.2) is 0 Å². The summed E-state index contributed by atoms with van der Waals surface area (Å²) in [6, 6.07) is 2.00. The SMILES string of the molecule is C#CCCCCNCc1ncc(Br)cc1Br. The molecule has 0 saturated heterocycles. The van der Waals surface area contributed by atoms with Gasteiger partial charge in [0.05, 0.1) is 5.69 Å². The van der Waals surface area contributed by atoms with Crippen molar-refractivity contribution in [3.05, 3.63) is 26.9 Å². The summed E-state index contributed by atoms with van der Waals surface area (Å²) in [5, 5.41) is 3.34. The molecule has 0 fully saturated rings. The molecule has 1 aromatic rings. The molecule has 0 bridgehead atoms. The fourth-order valence-corrected chi connectivity index (χ4v) is 2.38. The van der Waals surface area contributed by atoms with E-state index in [2.05, 4.69) is 48.1 Å². The van der Waals surface area contributed by atoms with Crippen LogP contribution in [0, 0.1) is 12.3 Å². The maximum atomic E-state index is 5.18. The number of hydrogen-bond acceptors (Lipinski definition) is 2. The number of unbranched alkanes of at least 4 members (excludes halogenated alkanes) is 2. The van der Waals surface area contributed by atoms with Crippen molar-refractivity contribution in [2.24, 2.45) is 0 Å². The van der Waals surface area contributed by atoms with E-state index in [0.717, 1.165) is 47.0 Å². The molecule has 86 valence electrons. The summed E-state index contributed by atoms with van der Waals surface area (Å²) in [6.07, 6.45) is 10.0. The van der Waals surface area contributed by atoms with Crippen LogP contribution in [0.2, 0.25) is 0 Å². The largest absolute Gasteiger partial charge is 0.311 e. The fraction of sp³-hybridized carbons (Fsp3) is 0.417. The van der Waals surface area contributed by atoms with Gasteiger partial charge >= 0.3 is 0 Å². The maximum Gasteiger partial charge on any atom is 0.0684 e. The predicted molar refractivity (Wildman–Crippen MR) is 74.0 cm³/mol. The molecule has 0 aromatic carbocycles. The molecule has 1 rings (SSSR count). The molecule has 0 aliphatic carbocycles. The Hall–Kier alpha value is -0.370. The Balaban J connectivity index is 2.25. The minimum atomic E-state index is 0.782. The Morgan fingerprint density at radius 2 is 2.19 bits per heavy atom. The second-order valence-corrected chi connectivity index (χ2v) is 5.19. The van der Waals surface area contributed by atoms with Gasteiger partial charge in [0.2, 0.25) is 0 Å². The number of terminal acetylenes is 1. The van der Waals surface area contributed by atoms with Gasteiger partial charge in [-0.1, -0.05) is 0 Å². The van der Waals surface area contributed by atoms with E-state index in [-0.39, 0.29) is 0 Å². The molecule has 1 heterocycles. The van der Waals surface area contributed by atoms with Crippen molar-refractivity contribution >= 4 is 31.9 Å². The zero-order valence-electron chi connectivity index (χ0n) is 8.97. The molecule has 0 atom stereocenters. The first-order valence-electron chi connectivity index (χ1n) is 5.18. The smallest absolute Gasteiger partial charge is 0.0684 e. The highest BCUT2D eigenvalue weighted by molar-refractivity contribution is 9.11. The number of nitrogens with one attached hydrogen (secondary N) is 1. The summed E-state index contributed by atoms with van der Waals surface area (Å²) in [5.41, 5.74) is 1.03. The Bertz CT molecular complexity index is 372. The van der Waals surface area contributed by atoms with E-state index < -0.39 is 0 Å². The Labute approximate surface area is 113 Å². The monoisotopic (exact) mass is 344 g/mol. The van der Waals surface area contributed by atoms with E-state index in [0.29, 0.717) is 0 Å². The van der Waals surface area contributed by atoms with Crippen LogP contribution < -0.4 is 5.32 Å². The zero-order chi connectivity index (χ0) is 11.8. The van der Waals surface area contributed by atoms with Gasteiger partial charge in [-0.3, -0.25) is 4.98 Å². The molecule has 16 heavy (non-hydrogen) atoms. The van der Waals surface area contributed by atoms with Gasteiger partial charge in [-0.2, -0.15) is 0 Å². The summed E-state index contributed by atoms with van der Waals surface area (Å²) >= 11 is 6.86. The summed E-state index contributed by atoms with van der Waals surface area (Å²) in [5.74, 6) is 2.64. The molecular weight excluding hydrogens is 332 g/mol. The van der Waals surface area contributed by atoms with Crippen LogP contribution in [0.25, 0.3) is 0 Å². The minimum absolute atomic E-state index is 0.782. The fourth-order valence-electron chi connectivity index (χ4n) is 1.26. The lowest BCUT2D eigenvalue weighted by atomic mass is 10.2. The van der Waals surface area contributed by atoms with Crippen molar-refractivity contribution < 1.29 is 0 Å². The van der Waals surface area contributed by atoms with Gasteiger partial charge in [0, 0.05) is 28.1 Å². The number of hydrogen-bond donors (Lipinski definition) is 1. The van der Waals surface area contributed by atoms with Crippen molar-refractivity contribution in [2.45, 2.75) is 25.8 Å². The second kappa shape index (κ2) is 7.83. The van der Waals surface area contributed by atoms with E-state index >= 15 is 0 Å². The van der Waals surface area contributed by atoms with Crippen LogP contribution in [-0.2, 0) is 6.54 Å². The van der Waals surface area contributed by atoms with E-state index in [9.17, 15) is 0 Å². The quantitative estimate of drug-likeness (QED) is 0.630. The van der Waals surface area contributed by atoms with E-state index in [4.69, 9.17) is 6.42 Å². The summed E-state index contributed by atoms with van der Waals surface area (Å²) in [7, 11) is 0. The van der Waals surface area contributed by atoms with Crippen molar-refractivity contribution in [1.82, 2.24) is 10.3 Å². The molecule has 0 aliphatic heterocycles. The summed E-state index contributed by atoms with van der Waals surface area (Å²) < 4.78 is 2.01. The van der Waals surface area contributed by atoms with Crippen LogP contribution in [0.4, 0.5) is 0 Å². The highest BCUT2D eigenvalue weighted by atomic mass is 79.9. The van der Waals surface area contributed by atoms with Crippen molar-refractivity contribution in [2.75, 3.05) is 6.54 Å². The summed E-state index contributed by atoms with van der Waals surface area (Å²) in [6.45, 7) is 1.76. The molecule has 0 aliphatic rings. The lowest BCUT2D eigenvalue weighted by molar-refractivity contribution is 0.621. The molecule has 0 unspecified atom stereocenters. The van der Waals surface area contributed by atoms with Crippen LogP contribution in [0.15, 0.2) is 21.2 Å². The van der Waals surface area contributed by atoms with E-state index in [1.54, 1.807) is 6.20 Å². The molecule has 1 aromatic heterocycles. The number of nitrogens with zero attached hydrogens (tertiary/aromatic N) is 1. The topological polar surface area (TPSA) is 24.9 Å². The van der Waals surface area contributed by atoms with Crippen LogP contribution in [0.3, 0.4) is 0 Å². The number of pyridine rings is 1. The third-order valence-corrected chi connectivity index (χ3v) is 3.22. The molecule has 0 radical (unpaired) electrons. The first-order chi connectivity index (χ1) is 7.74. The van der Waals surface area contributed by atoms with Gasteiger partial charge in [-0.15, -0.1) is 12.3 Å². The van der Waals surface area contributed by atoms with Crippen molar-refractivity contribution in [3.8, 4) is 12.3 Å². The number of aromatic nitrogens is 1. The number of halogens is 2. The van der Waals surface area contributed by atoms with Gasteiger partial charge in [0.15, 0.2) is 0 Å². The predicted octanol–water partition coefficient (Wildman–Crippen LogP) is 3.50. The summed E-state index contributed by atoms with van der Waals surface area (Å²) in [4.78, 5) is 4.32. The Kier molecular flexibility index (Phi) is 6.70. The molecule has 1 N–H and O–H groups in total. The lowest BCUT2D eigenvalue weighted by Gasteiger charge is -2.05. The zero-order valence-corrected chi connectivity index (χ0v) is 12.1. The third kappa shape index (κ3) is 5.11.